The number of benzene rings is 1. The minimum absolute atomic E-state index is 0.175. The summed E-state index contributed by atoms with van der Waals surface area (Å²) in [5, 5.41) is 10.9. The van der Waals surface area contributed by atoms with Crippen LogP contribution in [-0.2, 0) is 13.6 Å². The molecule has 0 unspecified atom stereocenters. The van der Waals surface area contributed by atoms with Crippen molar-refractivity contribution in [3.05, 3.63) is 58.8 Å². The summed E-state index contributed by atoms with van der Waals surface area (Å²) in [6.07, 6.45) is 0. The largest absolute Gasteiger partial charge is 0.355 e. The summed E-state index contributed by atoms with van der Waals surface area (Å²) in [7, 11) is 1.86. The van der Waals surface area contributed by atoms with Crippen LogP contribution in [0.2, 0.25) is 0 Å². The molecule has 0 atom stereocenters. The lowest BCUT2D eigenvalue weighted by Gasteiger charge is -2.03. The van der Waals surface area contributed by atoms with Crippen molar-refractivity contribution >= 4 is 5.91 Å². The number of aryl methyl sites for hydroxylation is 2. The number of halogens is 1. The van der Waals surface area contributed by atoms with Crippen molar-refractivity contribution in [2.24, 2.45) is 7.05 Å². The summed E-state index contributed by atoms with van der Waals surface area (Å²) in [5.74, 6) is -0.262. The van der Waals surface area contributed by atoms with Gasteiger partial charge in [-0.2, -0.15) is 5.10 Å². The van der Waals surface area contributed by atoms with Crippen molar-refractivity contribution in [3.8, 4) is 11.3 Å². The number of nitrogens with one attached hydrogen (secondary N) is 1. The van der Waals surface area contributed by atoms with E-state index in [0.29, 0.717) is 17.9 Å². The van der Waals surface area contributed by atoms with Crippen LogP contribution in [0.3, 0.4) is 0 Å². The van der Waals surface area contributed by atoms with Gasteiger partial charge in [0.25, 0.3) is 5.91 Å². The van der Waals surface area contributed by atoms with E-state index in [1.54, 1.807) is 16.8 Å². The van der Waals surface area contributed by atoms with E-state index in [9.17, 15) is 9.18 Å². The van der Waals surface area contributed by atoms with Gasteiger partial charge < -0.3 is 9.84 Å². The van der Waals surface area contributed by atoms with Crippen LogP contribution in [0.1, 0.15) is 27.4 Å². The second kappa shape index (κ2) is 6.27. The number of nitrogens with zero attached hydrogens (tertiary/aromatic N) is 3. The quantitative estimate of drug-likeness (QED) is 0.799. The van der Waals surface area contributed by atoms with Crippen molar-refractivity contribution in [3.63, 3.8) is 0 Å². The fourth-order valence-electron chi connectivity index (χ4n) is 2.46. The molecule has 0 saturated carbocycles. The van der Waals surface area contributed by atoms with E-state index < -0.39 is 0 Å². The van der Waals surface area contributed by atoms with Crippen molar-refractivity contribution in [1.29, 1.82) is 0 Å². The summed E-state index contributed by atoms with van der Waals surface area (Å²) in [6, 6.07) is 7.32. The first-order valence-electron chi connectivity index (χ1n) is 7.45. The fraction of sp³-hybridized carbons (Fsp3) is 0.235. The Morgan fingerprint density at radius 3 is 2.62 bits per heavy atom. The Bertz CT molecular complexity index is 881. The molecule has 1 N–H and O–H groups in total. The first-order chi connectivity index (χ1) is 11.5. The van der Waals surface area contributed by atoms with Crippen molar-refractivity contribution < 1.29 is 13.7 Å². The average Bonchev–Trinajstić information content (AvgIpc) is 3.13. The predicted molar refractivity (Wildman–Crippen MR) is 85.7 cm³/mol. The zero-order chi connectivity index (χ0) is 17.3. The lowest BCUT2D eigenvalue weighted by atomic mass is 10.1. The molecule has 0 saturated heterocycles. The van der Waals surface area contributed by atoms with Crippen molar-refractivity contribution in [2.75, 3.05) is 0 Å². The van der Waals surface area contributed by atoms with E-state index in [4.69, 9.17) is 4.52 Å². The third-order valence-electron chi connectivity index (χ3n) is 3.96. The van der Waals surface area contributed by atoms with Gasteiger partial charge in [-0.3, -0.25) is 9.48 Å². The van der Waals surface area contributed by atoms with E-state index in [1.807, 2.05) is 20.9 Å². The topological polar surface area (TPSA) is 73.0 Å². The van der Waals surface area contributed by atoms with Gasteiger partial charge in [-0.25, -0.2) is 4.39 Å². The van der Waals surface area contributed by atoms with Crippen LogP contribution in [0, 0.1) is 19.7 Å². The summed E-state index contributed by atoms with van der Waals surface area (Å²) in [5.41, 5.74) is 3.69. The number of rotatable bonds is 4. The summed E-state index contributed by atoms with van der Waals surface area (Å²) < 4.78 is 19.9. The average molecular weight is 328 g/mol. The van der Waals surface area contributed by atoms with Gasteiger partial charge in [0.15, 0.2) is 11.5 Å². The second-order valence-electron chi connectivity index (χ2n) is 5.54. The van der Waals surface area contributed by atoms with E-state index in [-0.39, 0.29) is 17.4 Å². The molecule has 1 aromatic carbocycles. The molecule has 0 aliphatic carbocycles. The van der Waals surface area contributed by atoms with Gasteiger partial charge in [-0.15, -0.1) is 0 Å². The highest BCUT2D eigenvalue weighted by molar-refractivity contribution is 5.93. The first kappa shape index (κ1) is 15.9. The van der Waals surface area contributed by atoms with E-state index in [0.717, 1.165) is 17.0 Å². The Balaban J connectivity index is 1.71. The molecule has 1 amide bonds. The molecule has 3 aromatic rings. The standard InChI is InChI=1S/C17H17FN4O2/c1-10-14(11(2)22(3)20-10)9-19-17(23)15-8-16(24-21-15)12-4-6-13(18)7-5-12/h4-8H,9H2,1-3H3,(H,19,23). The number of carbonyl (C=O) groups excluding carboxylic acids is 1. The molecule has 6 nitrogen and oxygen atoms in total. The maximum atomic E-state index is 12.9. The monoisotopic (exact) mass is 328 g/mol. The highest BCUT2D eigenvalue weighted by Gasteiger charge is 2.15. The Labute approximate surface area is 138 Å². The molecule has 0 fully saturated rings. The lowest BCUT2D eigenvalue weighted by Crippen LogP contribution is -2.23. The van der Waals surface area contributed by atoms with Gasteiger partial charge in [0.2, 0.25) is 0 Å². The van der Waals surface area contributed by atoms with Crippen LogP contribution in [-0.4, -0.2) is 20.8 Å². The molecule has 0 radical (unpaired) electrons. The lowest BCUT2D eigenvalue weighted by molar-refractivity contribution is 0.0942. The number of hydrogen-bond acceptors (Lipinski definition) is 4. The smallest absolute Gasteiger partial charge is 0.273 e. The molecule has 24 heavy (non-hydrogen) atoms. The molecule has 0 bridgehead atoms. The molecule has 3 rings (SSSR count). The summed E-state index contributed by atoms with van der Waals surface area (Å²) >= 11 is 0. The molecular weight excluding hydrogens is 311 g/mol. The molecule has 2 heterocycles. The van der Waals surface area contributed by atoms with Crippen LogP contribution in [0.25, 0.3) is 11.3 Å². The van der Waals surface area contributed by atoms with Gasteiger partial charge in [0, 0.05) is 36.5 Å². The summed E-state index contributed by atoms with van der Waals surface area (Å²) in [4.78, 5) is 12.2. The highest BCUT2D eigenvalue weighted by atomic mass is 19.1. The van der Waals surface area contributed by atoms with Gasteiger partial charge in [-0.05, 0) is 38.1 Å². The number of aromatic nitrogens is 3. The third kappa shape index (κ3) is 3.05. The molecule has 0 aliphatic rings. The minimum atomic E-state index is -0.338. The predicted octanol–water partition coefficient (Wildman–Crippen LogP) is 2.76. The normalized spacial score (nSPS) is 10.8. The third-order valence-corrected chi connectivity index (χ3v) is 3.96. The van der Waals surface area contributed by atoms with Gasteiger partial charge in [-0.1, -0.05) is 5.16 Å². The fourth-order valence-corrected chi connectivity index (χ4v) is 2.46. The van der Waals surface area contributed by atoms with Crippen LogP contribution >= 0.6 is 0 Å². The molecule has 2 aromatic heterocycles. The van der Waals surface area contributed by atoms with Gasteiger partial charge >= 0.3 is 0 Å². The van der Waals surface area contributed by atoms with Crippen molar-refractivity contribution in [1.82, 2.24) is 20.3 Å². The van der Waals surface area contributed by atoms with Crippen LogP contribution < -0.4 is 5.32 Å². The Morgan fingerprint density at radius 2 is 2.00 bits per heavy atom. The van der Waals surface area contributed by atoms with E-state index in [1.165, 1.54) is 18.2 Å². The Kier molecular flexibility index (Phi) is 4.16. The number of carbonyl (C=O) groups is 1. The summed E-state index contributed by atoms with van der Waals surface area (Å²) in [6.45, 7) is 4.21. The highest BCUT2D eigenvalue weighted by Crippen LogP contribution is 2.20. The molecule has 0 aliphatic heterocycles. The Hall–Kier alpha value is -2.96. The SMILES string of the molecule is Cc1nn(C)c(C)c1CNC(=O)c1cc(-c2ccc(F)cc2)on1. The second-order valence-corrected chi connectivity index (χ2v) is 5.54. The molecule has 0 spiro atoms. The van der Waals surface area contributed by atoms with E-state index >= 15 is 0 Å². The van der Waals surface area contributed by atoms with Crippen LogP contribution in [0.5, 0.6) is 0 Å². The maximum absolute atomic E-state index is 12.9. The number of hydrogen-bond donors (Lipinski definition) is 1. The molecule has 124 valence electrons. The van der Waals surface area contributed by atoms with Crippen LogP contribution in [0.4, 0.5) is 4.39 Å². The maximum Gasteiger partial charge on any atom is 0.273 e. The van der Waals surface area contributed by atoms with Gasteiger partial charge in [0.1, 0.15) is 5.82 Å². The van der Waals surface area contributed by atoms with Crippen molar-refractivity contribution in [2.45, 2.75) is 20.4 Å². The van der Waals surface area contributed by atoms with E-state index in [2.05, 4.69) is 15.6 Å². The van der Waals surface area contributed by atoms with Crippen LogP contribution in [0.15, 0.2) is 34.9 Å². The molecular formula is C17H17FN4O2. The zero-order valence-corrected chi connectivity index (χ0v) is 13.6. The first-order valence-corrected chi connectivity index (χ1v) is 7.45. The zero-order valence-electron chi connectivity index (χ0n) is 13.6. The minimum Gasteiger partial charge on any atom is -0.355 e. The molecule has 7 heteroatoms. The van der Waals surface area contributed by atoms with Gasteiger partial charge in [0.05, 0.1) is 5.69 Å². The Morgan fingerprint density at radius 1 is 1.29 bits per heavy atom. The number of amides is 1.